The molecule has 4 nitrogen and oxygen atoms in total. The Labute approximate surface area is 108 Å². The first kappa shape index (κ1) is 14.3. The van der Waals surface area contributed by atoms with Gasteiger partial charge in [-0.25, -0.2) is 0 Å². The van der Waals surface area contributed by atoms with Gasteiger partial charge < -0.3 is 14.6 Å². The topological polar surface area (TPSA) is 43.3 Å². The highest BCUT2D eigenvalue weighted by atomic mass is 16.5. The number of aromatic nitrogens is 1. The van der Waals surface area contributed by atoms with Crippen LogP contribution in [-0.4, -0.2) is 30.2 Å². The fourth-order valence-electron chi connectivity index (χ4n) is 1.72. The predicted octanol–water partition coefficient (Wildman–Crippen LogP) is 1.67. The van der Waals surface area contributed by atoms with Crippen LogP contribution < -0.4 is 5.32 Å². The van der Waals surface area contributed by atoms with Crippen LogP contribution >= 0.6 is 0 Å². The molecule has 98 valence electrons. The maximum absolute atomic E-state index is 12.1. The van der Waals surface area contributed by atoms with Gasteiger partial charge in [-0.15, -0.1) is 6.42 Å². The van der Waals surface area contributed by atoms with Crippen molar-refractivity contribution in [2.24, 2.45) is 0 Å². The molecule has 0 saturated carbocycles. The van der Waals surface area contributed by atoms with Crippen LogP contribution in [0.3, 0.4) is 0 Å². The highest BCUT2D eigenvalue weighted by Gasteiger charge is 2.13. The van der Waals surface area contributed by atoms with E-state index in [4.69, 9.17) is 11.2 Å². The lowest BCUT2D eigenvalue weighted by Gasteiger charge is -2.13. The molecular weight excluding hydrogens is 228 g/mol. The quantitative estimate of drug-likeness (QED) is 0.746. The van der Waals surface area contributed by atoms with Crippen molar-refractivity contribution in [3.63, 3.8) is 0 Å². The van der Waals surface area contributed by atoms with E-state index in [9.17, 15) is 4.79 Å². The second kappa shape index (κ2) is 7.57. The monoisotopic (exact) mass is 248 g/mol. The largest absolute Gasteiger partial charge is 0.383 e. The third-order valence-corrected chi connectivity index (χ3v) is 2.68. The first-order valence-corrected chi connectivity index (χ1v) is 6.14. The molecule has 1 rings (SSSR count). The maximum Gasteiger partial charge on any atom is 0.268 e. The first-order valence-electron chi connectivity index (χ1n) is 6.14. The molecule has 0 saturated heterocycles. The molecule has 0 radical (unpaired) electrons. The van der Waals surface area contributed by atoms with Crippen LogP contribution in [0, 0.1) is 12.3 Å². The van der Waals surface area contributed by atoms with E-state index in [1.165, 1.54) is 0 Å². The van der Waals surface area contributed by atoms with Gasteiger partial charge in [0.15, 0.2) is 0 Å². The van der Waals surface area contributed by atoms with Crippen molar-refractivity contribution in [3.8, 4) is 12.3 Å². The second-order valence-corrected chi connectivity index (χ2v) is 4.06. The van der Waals surface area contributed by atoms with E-state index in [1.54, 1.807) is 13.2 Å². The van der Waals surface area contributed by atoms with Crippen molar-refractivity contribution < 1.29 is 9.53 Å². The molecule has 1 aromatic heterocycles. The zero-order chi connectivity index (χ0) is 13.4. The van der Waals surface area contributed by atoms with Crippen LogP contribution in [-0.2, 0) is 11.3 Å². The summed E-state index contributed by atoms with van der Waals surface area (Å²) >= 11 is 0. The number of amides is 1. The number of terminal acetylenes is 1. The molecule has 0 bridgehead atoms. The van der Waals surface area contributed by atoms with Gasteiger partial charge in [0, 0.05) is 19.9 Å². The molecule has 18 heavy (non-hydrogen) atoms. The minimum atomic E-state index is -0.201. The summed E-state index contributed by atoms with van der Waals surface area (Å²) in [5, 5.41) is 2.85. The molecule has 0 aliphatic carbocycles. The number of hydrogen-bond acceptors (Lipinski definition) is 2. The lowest BCUT2D eigenvalue weighted by atomic mass is 10.2. The molecule has 0 aromatic carbocycles. The van der Waals surface area contributed by atoms with E-state index in [2.05, 4.69) is 11.2 Å². The van der Waals surface area contributed by atoms with Crippen molar-refractivity contribution in [3.05, 3.63) is 24.0 Å². The lowest BCUT2D eigenvalue weighted by molar-refractivity contribution is 0.0932. The summed E-state index contributed by atoms with van der Waals surface area (Å²) < 4.78 is 6.87. The third-order valence-electron chi connectivity index (χ3n) is 2.68. The summed E-state index contributed by atoms with van der Waals surface area (Å²) in [6.07, 6.45) is 8.98. The minimum Gasteiger partial charge on any atom is -0.383 e. The number of nitrogens with one attached hydrogen (secondary N) is 1. The van der Waals surface area contributed by atoms with Gasteiger partial charge >= 0.3 is 0 Å². The standard InChI is InChI=1S/C14H20N2O2/c1-4-7-12(5-2)15-14(17)13-8-6-9-16(13)10-11-18-3/h2,6,8-9,12H,4,7,10-11H2,1,3H3,(H,15,17). The van der Waals surface area contributed by atoms with E-state index in [0.717, 1.165) is 12.8 Å². The predicted molar refractivity (Wildman–Crippen MR) is 71.3 cm³/mol. The SMILES string of the molecule is C#CC(CCC)NC(=O)c1cccn1CCOC. The summed E-state index contributed by atoms with van der Waals surface area (Å²) in [5.74, 6) is 2.46. The average Bonchev–Trinajstić information content (AvgIpc) is 2.84. The van der Waals surface area contributed by atoms with Gasteiger partial charge in [-0.05, 0) is 18.6 Å². The number of rotatable bonds is 7. The van der Waals surface area contributed by atoms with Crippen molar-refractivity contribution >= 4 is 5.91 Å². The molecule has 1 atom stereocenters. The smallest absolute Gasteiger partial charge is 0.268 e. The van der Waals surface area contributed by atoms with E-state index >= 15 is 0 Å². The van der Waals surface area contributed by atoms with Crippen LogP contribution in [0.25, 0.3) is 0 Å². The summed E-state index contributed by atoms with van der Waals surface area (Å²) in [6, 6.07) is 3.42. The molecule has 4 heteroatoms. The summed E-state index contributed by atoms with van der Waals surface area (Å²) in [4.78, 5) is 12.1. The molecule has 0 spiro atoms. The summed E-state index contributed by atoms with van der Waals surface area (Å²) in [6.45, 7) is 3.26. The Bertz CT molecular complexity index is 418. The van der Waals surface area contributed by atoms with Crippen LogP contribution in [0.15, 0.2) is 18.3 Å². The molecule has 1 amide bonds. The Kier molecular flexibility index (Phi) is 6.03. The van der Waals surface area contributed by atoms with E-state index in [-0.39, 0.29) is 11.9 Å². The van der Waals surface area contributed by atoms with Gasteiger partial charge in [-0.1, -0.05) is 19.3 Å². The van der Waals surface area contributed by atoms with E-state index in [1.807, 2.05) is 23.8 Å². The fraction of sp³-hybridized carbons (Fsp3) is 0.500. The minimum absolute atomic E-state index is 0.132. The summed E-state index contributed by atoms with van der Waals surface area (Å²) in [7, 11) is 1.64. The number of carbonyl (C=O) groups excluding carboxylic acids is 1. The first-order chi connectivity index (χ1) is 8.72. The Balaban J connectivity index is 2.66. The zero-order valence-corrected chi connectivity index (χ0v) is 11.0. The normalized spacial score (nSPS) is 11.8. The van der Waals surface area contributed by atoms with Crippen LogP contribution in [0.1, 0.15) is 30.3 Å². The highest BCUT2D eigenvalue weighted by Crippen LogP contribution is 2.04. The maximum atomic E-state index is 12.1. The molecule has 1 unspecified atom stereocenters. The third kappa shape index (κ3) is 3.94. The van der Waals surface area contributed by atoms with Gasteiger partial charge in [0.1, 0.15) is 5.69 Å². The average molecular weight is 248 g/mol. The van der Waals surface area contributed by atoms with Crippen LogP contribution in [0.5, 0.6) is 0 Å². The number of nitrogens with zero attached hydrogens (tertiary/aromatic N) is 1. The number of ether oxygens (including phenoxy) is 1. The molecular formula is C14H20N2O2. The van der Waals surface area contributed by atoms with E-state index < -0.39 is 0 Å². The van der Waals surface area contributed by atoms with Crippen molar-refractivity contribution in [2.75, 3.05) is 13.7 Å². The highest BCUT2D eigenvalue weighted by molar-refractivity contribution is 5.93. The van der Waals surface area contributed by atoms with Gasteiger partial charge in [0.25, 0.3) is 5.91 Å². The van der Waals surface area contributed by atoms with Gasteiger partial charge in [0.2, 0.25) is 0 Å². The van der Waals surface area contributed by atoms with Gasteiger partial charge in [-0.2, -0.15) is 0 Å². The Hall–Kier alpha value is -1.73. The molecule has 1 N–H and O–H groups in total. The number of carbonyl (C=O) groups is 1. The van der Waals surface area contributed by atoms with E-state index in [0.29, 0.717) is 18.8 Å². The number of hydrogen-bond donors (Lipinski definition) is 1. The van der Waals surface area contributed by atoms with Crippen LogP contribution in [0.2, 0.25) is 0 Å². The summed E-state index contributed by atoms with van der Waals surface area (Å²) in [5.41, 5.74) is 0.614. The zero-order valence-electron chi connectivity index (χ0n) is 11.0. The van der Waals surface area contributed by atoms with Crippen molar-refractivity contribution in [1.29, 1.82) is 0 Å². The molecule has 0 aliphatic heterocycles. The van der Waals surface area contributed by atoms with Crippen molar-refractivity contribution in [1.82, 2.24) is 9.88 Å². The Morgan fingerprint density at radius 2 is 2.44 bits per heavy atom. The second-order valence-electron chi connectivity index (χ2n) is 4.06. The van der Waals surface area contributed by atoms with Gasteiger partial charge in [0.05, 0.1) is 12.6 Å². The molecule has 1 aromatic rings. The molecule has 0 fully saturated rings. The molecule has 1 heterocycles. The van der Waals surface area contributed by atoms with Crippen LogP contribution in [0.4, 0.5) is 0 Å². The fourth-order valence-corrected chi connectivity index (χ4v) is 1.72. The lowest BCUT2D eigenvalue weighted by Crippen LogP contribution is -2.35. The Morgan fingerprint density at radius 1 is 1.67 bits per heavy atom. The molecule has 0 aliphatic rings. The Morgan fingerprint density at radius 3 is 3.06 bits per heavy atom. The van der Waals surface area contributed by atoms with Crippen molar-refractivity contribution in [2.45, 2.75) is 32.4 Å². The number of methoxy groups -OCH3 is 1. The van der Waals surface area contributed by atoms with Gasteiger partial charge in [-0.3, -0.25) is 4.79 Å².